The number of benzene rings is 2. The summed E-state index contributed by atoms with van der Waals surface area (Å²) in [6, 6.07) is 17.4. The molecule has 1 atom stereocenters. The van der Waals surface area contributed by atoms with Crippen molar-refractivity contribution in [3.63, 3.8) is 0 Å². The van der Waals surface area contributed by atoms with Crippen LogP contribution in [0.25, 0.3) is 5.57 Å². The maximum atomic E-state index is 12.6. The number of carbonyl (C=O) groups excluding carboxylic acids is 1. The van der Waals surface area contributed by atoms with Crippen molar-refractivity contribution in [1.29, 1.82) is 0 Å². The van der Waals surface area contributed by atoms with Gasteiger partial charge in [-0.05, 0) is 29.3 Å². The van der Waals surface area contributed by atoms with E-state index in [0.717, 1.165) is 16.9 Å². The Morgan fingerprint density at radius 3 is 2.41 bits per heavy atom. The Balaban J connectivity index is 1.77. The summed E-state index contributed by atoms with van der Waals surface area (Å²) in [6.07, 6.45) is 1.91. The summed E-state index contributed by atoms with van der Waals surface area (Å²) >= 11 is 4.53. The molecule has 0 radical (unpaired) electrons. The van der Waals surface area contributed by atoms with Crippen molar-refractivity contribution in [3.05, 3.63) is 71.8 Å². The van der Waals surface area contributed by atoms with Crippen LogP contribution in [0.2, 0.25) is 0 Å². The second-order valence-corrected chi connectivity index (χ2v) is 5.67. The van der Waals surface area contributed by atoms with Gasteiger partial charge in [0.1, 0.15) is 5.75 Å². The zero-order chi connectivity index (χ0) is 15.5. The van der Waals surface area contributed by atoms with Gasteiger partial charge in [0.15, 0.2) is 0 Å². The first-order chi connectivity index (χ1) is 10.7. The number of methoxy groups -OCH3 is 1. The molecule has 1 unspecified atom stereocenters. The largest absolute Gasteiger partial charge is 0.497 e. The summed E-state index contributed by atoms with van der Waals surface area (Å²) in [5, 5.41) is -0.204. The van der Waals surface area contributed by atoms with E-state index in [2.05, 4.69) is 12.6 Å². The van der Waals surface area contributed by atoms with Crippen molar-refractivity contribution in [2.24, 2.45) is 0 Å². The molecule has 2 aromatic rings. The van der Waals surface area contributed by atoms with Crippen molar-refractivity contribution < 1.29 is 9.53 Å². The fourth-order valence-corrected chi connectivity index (χ4v) is 2.85. The van der Waals surface area contributed by atoms with Crippen LogP contribution in [0.3, 0.4) is 0 Å². The first-order valence-corrected chi connectivity index (χ1v) is 7.60. The Kier molecular flexibility index (Phi) is 4.20. The van der Waals surface area contributed by atoms with Gasteiger partial charge in [-0.3, -0.25) is 4.79 Å². The lowest BCUT2D eigenvalue weighted by Crippen LogP contribution is -2.30. The van der Waals surface area contributed by atoms with E-state index in [1.54, 1.807) is 12.0 Å². The normalized spacial score (nSPS) is 17.5. The topological polar surface area (TPSA) is 29.5 Å². The van der Waals surface area contributed by atoms with Crippen molar-refractivity contribution in [3.8, 4) is 5.75 Å². The molecule has 22 heavy (non-hydrogen) atoms. The van der Waals surface area contributed by atoms with E-state index in [4.69, 9.17) is 4.74 Å². The minimum Gasteiger partial charge on any atom is -0.497 e. The van der Waals surface area contributed by atoms with E-state index in [0.29, 0.717) is 12.1 Å². The number of rotatable bonds is 4. The highest BCUT2D eigenvalue weighted by Gasteiger charge is 2.30. The third-order valence-corrected chi connectivity index (χ3v) is 4.15. The highest BCUT2D eigenvalue weighted by Crippen LogP contribution is 2.29. The van der Waals surface area contributed by atoms with Crippen LogP contribution in [0.15, 0.2) is 60.7 Å². The fraction of sp³-hybridized carbons (Fsp3) is 0.167. The highest BCUT2D eigenvalue weighted by molar-refractivity contribution is 7.81. The van der Waals surface area contributed by atoms with Gasteiger partial charge in [-0.15, -0.1) is 0 Å². The standard InChI is InChI=1S/C18H17NO2S/c1-21-15-9-7-13(8-10-15)12-19-17(22)11-16(18(19)20)14-5-3-2-4-6-14/h2-11,17,22H,12H2,1H3. The second-order valence-electron chi connectivity index (χ2n) is 5.14. The van der Waals surface area contributed by atoms with Gasteiger partial charge in [-0.25, -0.2) is 0 Å². The van der Waals surface area contributed by atoms with E-state index in [1.807, 2.05) is 60.7 Å². The number of nitrogens with zero attached hydrogens (tertiary/aromatic N) is 1. The molecule has 0 aliphatic carbocycles. The molecule has 2 aromatic carbocycles. The van der Waals surface area contributed by atoms with Gasteiger partial charge in [0.2, 0.25) is 0 Å². The SMILES string of the molecule is COc1ccc(CN2C(=O)C(c3ccccc3)=CC2S)cc1. The third kappa shape index (κ3) is 2.88. The quantitative estimate of drug-likeness (QED) is 0.877. The number of hydrogen-bond acceptors (Lipinski definition) is 3. The molecular formula is C18H17NO2S. The molecule has 1 heterocycles. The zero-order valence-electron chi connectivity index (χ0n) is 12.3. The summed E-state index contributed by atoms with van der Waals surface area (Å²) < 4.78 is 5.15. The molecule has 0 fully saturated rings. The Morgan fingerprint density at radius 1 is 1.09 bits per heavy atom. The summed E-state index contributed by atoms with van der Waals surface area (Å²) in [5.41, 5.74) is 2.70. The van der Waals surface area contributed by atoms with Gasteiger partial charge in [-0.1, -0.05) is 42.5 Å². The third-order valence-electron chi connectivity index (χ3n) is 3.72. The maximum Gasteiger partial charge on any atom is 0.255 e. The minimum absolute atomic E-state index is 0.0158. The van der Waals surface area contributed by atoms with Gasteiger partial charge in [0, 0.05) is 12.1 Å². The lowest BCUT2D eigenvalue weighted by molar-refractivity contribution is -0.124. The summed E-state index contributed by atoms with van der Waals surface area (Å²) in [4.78, 5) is 14.4. The summed E-state index contributed by atoms with van der Waals surface area (Å²) in [5.74, 6) is 0.823. The molecule has 1 aliphatic rings. The zero-order valence-corrected chi connectivity index (χ0v) is 13.2. The molecule has 0 aromatic heterocycles. The van der Waals surface area contributed by atoms with Crippen molar-refractivity contribution in [2.75, 3.05) is 7.11 Å². The van der Waals surface area contributed by atoms with Crippen LogP contribution in [-0.2, 0) is 11.3 Å². The van der Waals surface area contributed by atoms with Crippen molar-refractivity contribution in [1.82, 2.24) is 4.90 Å². The Bertz CT molecular complexity index is 695. The smallest absolute Gasteiger partial charge is 0.255 e. The van der Waals surface area contributed by atoms with E-state index in [9.17, 15) is 4.79 Å². The van der Waals surface area contributed by atoms with Gasteiger partial charge in [-0.2, -0.15) is 12.6 Å². The predicted molar refractivity (Wildman–Crippen MR) is 90.7 cm³/mol. The lowest BCUT2D eigenvalue weighted by Gasteiger charge is -2.21. The summed E-state index contributed by atoms with van der Waals surface area (Å²) in [7, 11) is 1.64. The highest BCUT2D eigenvalue weighted by atomic mass is 32.1. The maximum absolute atomic E-state index is 12.6. The van der Waals surface area contributed by atoms with Crippen LogP contribution in [0.5, 0.6) is 5.75 Å². The fourth-order valence-electron chi connectivity index (χ4n) is 2.52. The molecule has 1 aliphatic heterocycles. The molecule has 3 rings (SSSR count). The number of carbonyl (C=O) groups is 1. The molecule has 0 N–H and O–H groups in total. The summed E-state index contributed by atoms with van der Waals surface area (Å²) in [6.45, 7) is 0.532. The first-order valence-electron chi connectivity index (χ1n) is 7.08. The molecule has 0 saturated carbocycles. The second kappa shape index (κ2) is 6.28. The number of thiol groups is 1. The van der Waals surface area contributed by atoms with Crippen LogP contribution in [-0.4, -0.2) is 23.3 Å². The minimum atomic E-state index is -0.204. The Hall–Kier alpha value is -2.20. The average Bonchev–Trinajstić information content (AvgIpc) is 2.84. The van der Waals surface area contributed by atoms with Gasteiger partial charge < -0.3 is 9.64 Å². The molecule has 3 nitrogen and oxygen atoms in total. The van der Waals surface area contributed by atoms with E-state index < -0.39 is 0 Å². The van der Waals surface area contributed by atoms with Crippen LogP contribution in [0.1, 0.15) is 11.1 Å². The Labute approximate surface area is 135 Å². The van der Waals surface area contributed by atoms with Crippen LogP contribution in [0.4, 0.5) is 0 Å². The molecule has 0 spiro atoms. The Morgan fingerprint density at radius 2 is 1.77 bits per heavy atom. The molecule has 1 amide bonds. The van der Waals surface area contributed by atoms with Crippen molar-refractivity contribution >= 4 is 24.1 Å². The van der Waals surface area contributed by atoms with Gasteiger partial charge >= 0.3 is 0 Å². The molecular weight excluding hydrogens is 294 g/mol. The predicted octanol–water partition coefficient (Wildman–Crippen LogP) is 3.38. The van der Waals surface area contributed by atoms with Crippen LogP contribution >= 0.6 is 12.6 Å². The van der Waals surface area contributed by atoms with Gasteiger partial charge in [0.05, 0.1) is 12.5 Å². The number of ether oxygens (including phenoxy) is 1. The number of amides is 1. The monoisotopic (exact) mass is 311 g/mol. The molecule has 0 saturated heterocycles. The average molecular weight is 311 g/mol. The molecule has 4 heteroatoms. The van der Waals surface area contributed by atoms with E-state index >= 15 is 0 Å². The van der Waals surface area contributed by atoms with E-state index in [-0.39, 0.29) is 11.3 Å². The number of hydrogen-bond donors (Lipinski definition) is 1. The van der Waals surface area contributed by atoms with Gasteiger partial charge in [0.25, 0.3) is 5.91 Å². The lowest BCUT2D eigenvalue weighted by atomic mass is 10.1. The molecule has 112 valence electrons. The van der Waals surface area contributed by atoms with Crippen LogP contribution < -0.4 is 4.74 Å². The first kappa shape index (κ1) is 14.7. The van der Waals surface area contributed by atoms with E-state index in [1.165, 1.54) is 0 Å². The van der Waals surface area contributed by atoms with Crippen molar-refractivity contribution in [2.45, 2.75) is 11.9 Å². The molecule has 0 bridgehead atoms. The van der Waals surface area contributed by atoms with Crippen LogP contribution in [0, 0.1) is 0 Å².